The van der Waals surface area contributed by atoms with Crippen molar-refractivity contribution in [3.8, 4) is 5.75 Å². The van der Waals surface area contributed by atoms with Gasteiger partial charge in [0.1, 0.15) is 5.75 Å². The number of ether oxygens (including phenoxy) is 1. The van der Waals surface area contributed by atoms with Crippen LogP contribution in [0, 0.1) is 11.3 Å². The SMILES string of the molecule is CCCCN1C(=O)CCC(C(=O)Nc2ccc(NC(=O)C(C)(C)C)cc2)C1c1ccccc1OC. The van der Waals surface area contributed by atoms with Crippen molar-refractivity contribution < 1.29 is 19.1 Å². The van der Waals surface area contributed by atoms with Gasteiger partial charge >= 0.3 is 0 Å². The third-order valence-corrected chi connectivity index (χ3v) is 6.34. The molecular weight excluding hydrogens is 442 g/mol. The summed E-state index contributed by atoms with van der Waals surface area (Å²) in [6.45, 7) is 8.25. The minimum absolute atomic E-state index is 0.0670. The van der Waals surface area contributed by atoms with Crippen LogP contribution in [0.25, 0.3) is 0 Å². The van der Waals surface area contributed by atoms with Crippen LogP contribution in [0.4, 0.5) is 11.4 Å². The molecule has 2 N–H and O–H groups in total. The summed E-state index contributed by atoms with van der Waals surface area (Å²) < 4.78 is 5.60. The van der Waals surface area contributed by atoms with Gasteiger partial charge < -0.3 is 20.3 Å². The molecule has 0 aromatic heterocycles. The maximum Gasteiger partial charge on any atom is 0.229 e. The molecule has 3 rings (SSSR count). The number of carbonyl (C=O) groups is 3. The van der Waals surface area contributed by atoms with E-state index in [1.54, 1.807) is 31.4 Å². The lowest BCUT2D eigenvalue weighted by Crippen LogP contribution is -2.47. The number of nitrogens with one attached hydrogen (secondary N) is 2. The number of rotatable bonds is 8. The van der Waals surface area contributed by atoms with Gasteiger partial charge in [0.05, 0.1) is 19.1 Å². The summed E-state index contributed by atoms with van der Waals surface area (Å²) in [7, 11) is 1.61. The van der Waals surface area contributed by atoms with Gasteiger partial charge in [-0.25, -0.2) is 0 Å². The molecule has 0 bridgehead atoms. The summed E-state index contributed by atoms with van der Waals surface area (Å²) in [5, 5.41) is 5.91. The zero-order valence-electron chi connectivity index (χ0n) is 21.4. The van der Waals surface area contributed by atoms with Crippen LogP contribution in [0.1, 0.15) is 65.0 Å². The van der Waals surface area contributed by atoms with Crippen LogP contribution in [0.3, 0.4) is 0 Å². The highest BCUT2D eigenvalue weighted by Crippen LogP contribution is 2.41. The summed E-state index contributed by atoms with van der Waals surface area (Å²) in [4.78, 5) is 40.5. The second kappa shape index (κ2) is 11.4. The van der Waals surface area contributed by atoms with E-state index in [-0.39, 0.29) is 17.7 Å². The molecule has 0 spiro atoms. The Balaban J connectivity index is 1.83. The second-order valence-corrected chi connectivity index (χ2v) is 10.0. The van der Waals surface area contributed by atoms with Gasteiger partial charge in [-0.2, -0.15) is 0 Å². The van der Waals surface area contributed by atoms with Crippen LogP contribution in [-0.4, -0.2) is 36.3 Å². The predicted octanol–water partition coefficient (Wildman–Crippen LogP) is 5.40. The minimum Gasteiger partial charge on any atom is -0.496 e. The second-order valence-electron chi connectivity index (χ2n) is 10.0. The smallest absolute Gasteiger partial charge is 0.229 e. The number of likely N-dealkylation sites (tertiary alicyclic amines) is 1. The maximum atomic E-state index is 13.5. The van der Waals surface area contributed by atoms with E-state index in [4.69, 9.17) is 4.74 Å². The molecule has 7 nitrogen and oxygen atoms in total. The highest BCUT2D eigenvalue weighted by atomic mass is 16.5. The van der Waals surface area contributed by atoms with Gasteiger partial charge in [0.25, 0.3) is 0 Å². The highest BCUT2D eigenvalue weighted by Gasteiger charge is 2.41. The van der Waals surface area contributed by atoms with E-state index in [0.717, 1.165) is 18.4 Å². The van der Waals surface area contributed by atoms with Gasteiger partial charge in [-0.15, -0.1) is 0 Å². The molecule has 1 aliphatic rings. The summed E-state index contributed by atoms with van der Waals surface area (Å²) in [6.07, 6.45) is 2.63. The molecule has 1 aliphatic heterocycles. The van der Waals surface area contributed by atoms with Gasteiger partial charge in [0.15, 0.2) is 0 Å². The monoisotopic (exact) mass is 479 g/mol. The normalized spacial score (nSPS) is 18.2. The van der Waals surface area contributed by atoms with Crippen molar-refractivity contribution >= 4 is 29.1 Å². The number of benzene rings is 2. The van der Waals surface area contributed by atoms with E-state index in [9.17, 15) is 14.4 Å². The van der Waals surface area contributed by atoms with Gasteiger partial charge in [-0.05, 0) is 43.2 Å². The zero-order valence-corrected chi connectivity index (χ0v) is 21.4. The van der Waals surface area contributed by atoms with E-state index < -0.39 is 17.4 Å². The van der Waals surface area contributed by atoms with Crippen LogP contribution in [0.5, 0.6) is 5.75 Å². The van der Waals surface area contributed by atoms with Crippen molar-refractivity contribution in [1.29, 1.82) is 0 Å². The summed E-state index contributed by atoms with van der Waals surface area (Å²) in [5.41, 5.74) is 1.66. The third-order valence-electron chi connectivity index (χ3n) is 6.34. The molecule has 2 unspecified atom stereocenters. The number of hydrogen-bond donors (Lipinski definition) is 2. The Morgan fingerprint density at radius 3 is 2.26 bits per heavy atom. The fraction of sp³-hybridized carbons (Fsp3) is 0.464. The van der Waals surface area contributed by atoms with Gasteiger partial charge in [0.2, 0.25) is 17.7 Å². The van der Waals surface area contributed by atoms with E-state index in [1.165, 1.54) is 0 Å². The fourth-order valence-corrected chi connectivity index (χ4v) is 4.31. The summed E-state index contributed by atoms with van der Waals surface area (Å²) in [6, 6.07) is 14.3. The molecule has 3 amide bonds. The van der Waals surface area contributed by atoms with Crippen molar-refractivity contribution in [3.05, 3.63) is 54.1 Å². The molecule has 1 heterocycles. The molecule has 2 aromatic carbocycles. The maximum absolute atomic E-state index is 13.5. The van der Waals surface area contributed by atoms with Gasteiger partial charge in [0, 0.05) is 35.3 Å². The Bertz CT molecular complexity index is 1040. The number of para-hydroxylation sites is 1. The van der Waals surface area contributed by atoms with Crippen LogP contribution < -0.4 is 15.4 Å². The first kappa shape index (κ1) is 26.3. The van der Waals surface area contributed by atoms with Gasteiger partial charge in [-0.1, -0.05) is 52.3 Å². The molecule has 0 radical (unpaired) electrons. The topological polar surface area (TPSA) is 87.7 Å². The number of carbonyl (C=O) groups excluding carboxylic acids is 3. The van der Waals surface area contributed by atoms with Crippen LogP contribution in [0.2, 0.25) is 0 Å². The molecule has 2 atom stereocenters. The average Bonchev–Trinajstić information content (AvgIpc) is 2.83. The Morgan fingerprint density at radius 2 is 1.66 bits per heavy atom. The van der Waals surface area contributed by atoms with E-state index >= 15 is 0 Å². The molecule has 1 saturated heterocycles. The zero-order chi connectivity index (χ0) is 25.6. The molecule has 1 fully saturated rings. The Hall–Kier alpha value is -3.35. The number of anilines is 2. The Kier molecular flexibility index (Phi) is 8.54. The third kappa shape index (κ3) is 6.41. The molecule has 35 heavy (non-hydrogen) atoms. The number of hydrogen-bond acceptors (Lipinski definition) is 4. The lowest BCUT2D eigenvalue weighted by Gasteiger charge is -2.41. The number of methoxy groups -OCH3 is 1. The van der Waals surface area contributed by atoms with E-state index in [2.05, 4.69) is 17.6 Å². The lowest BCUT2D eigenvalue weighted by atomic mass is 9.83. The molecule has 7 heteroatoms. The lowest BCUT2D eigenvalue weighted by molar-refractivity contribution is -0.142. The summed E-state index contributed by atoms with van der Waals surface area (Å²) >= 11 is 0. The van der Waals surface area contributed by atoms with Crippen molar-refractivity contribution in [2.75, 3.05) is 24.3 Å². The van der Waals surface area contributed by atoms with Crippen LogP contribution in [-0.2, 0) is 14.4 Å². The highest BCUT2D eigenvalue weighted by molar-refractivity contribution is 5.96. The van der Waals surface area contributed by atoms with Gasteiger partial charge in [-0.3, -0.25) is 14.4 Å². The van der Waals surface area contributed by atoms with Crippen molar-refractivity contribution in [2.24, 2.45) is 11.3 Å². The van der Waals surface area contributed by atoms with Crippen molar-refractivity contribution in [1.82, 2.24) is 4.90 Å². The molecule has 0 saturated carbocycles. The Labute approximate surface area is 208 Å². The van der Waals surface area contributed by atoms with E-state index in [0.29, 0.717) is 36.5 Å². The number of amides is 3. The Morgan fingerprint density at radius 1 is 1.03 bits per heavy atom. The average molecular weight is 480 g/mol. The molecular formula is C28H37N3O4. The van der Waals surface area contributed by atoms with Crippen LogP contribution >= 0.6 is 0 Å². The number of nitrogens with zero attached hydrogens (tertiary/aromatic N) is 1. The standard InChI is InChI=1S/C28H37N3O4/c1-6-7-18-31-24(32)17-16-22(25(31)21-10-8-9-11-23(21)35-5)26(33)29-19-12-14-20(15-13-19)30-27(34)28(2,3)4/h8-15,22,25H,6-7,16-18H2,1-5H3,(H,29,33)(H,30,34). The first-order valence-electron chi connectivity index (χ1n) is 12.3. The summed E-state index contributed by atoms with van der Waals surface area (Å²) in [5.74, 6) is 0.110. The quantitative estimate of drug-likeness (QED) is 0.531. The number of piperidine rings is 1. The predicted molar refractivity (Wildman–Crippen MR) is 138 cm³/mol. The molecule has 2 aromatic rings. The first-order chi connectivity index (χ1) is 16.7. The largest absolute Gasteiger partial charge is 0.496 e. The minimum atomic E-state index is -0.498. The fourth-order valence-electron chi connectivity index (χ4n) is 4.31. The van der Waals surface area contributed by atoms with Crippen LogP contribution in [0.15, 0.2) is 48.5 Å². The number of unbranched alkanes of at least 4 members (excludes halogenated alkanes) is 1. The van der Waals surface area contributed by atoms with Crippen molar-refractivity contribution in [3.63, 3.8) is 0 Å². The molecule has 0 aliphatic carbocycles. The first-order valence-corrected chi connectivity index (χ1v) is 12.3. The van der Waals surface area contributed by atoms with E-state index in [1.807, 2.05) is 49.9 Å². The van der Waals surface area contributed by atoms with Crippen molar-refractivity contribution in [2.45, 2.75) is 59.4 Å². The molecule has 188 valence electrons.